The predicted octanol–water partition coefficient (Wildman–Crippen LogP) is 1.88. The van der Waals surface area contributed by atoms with Crippen LogP contribution < -0.4 is 0 Å². The van der Waals surface area contributed by atoms with Crippen LogP contribution in [0.25, 0.3) is 0 Å². The Labute approximate surface area is 112 Å². The number of sulfonamides is 1. The van der Waals surface area contributed by atoms with Gasteiger partial charge in [0, 0.05) is 18.1 Å². The summed E-state index contributed by atoms with van der Waals surface area (Å²) in [6, 6.07) is 6.17. The number of hydrogen-bond donors (Lipinski definition) is 1. The van der Waals surface area contributed by atoms with E-state index in [1.54, 1.807) is 12.1 Å². The average molecular weight is 290 g/mol. The Kier molecular flexibility index (Phi) is 3.69. The molecule has 0 bridgehead atoms. The van der Waals surface area contributed by atoms with Crippen LogP contribution in [0.15, 0.2) is 29.2 Å². The van der Waals surface area contributed by atoms with Crippen molar-refractivity contribution >= 4 is 21.6 Å². The first-order valence-electron chi connectivity index (χ1n) is 5.85. The van der Waals surface area contributed by atoms with Gasteiger partial charge >= 0.3 is 0 Å². The highest BCUT2D eigenvalue weighted by Crippen LogP contribution is 2.31. The second kappa shape index (κ2) is 4.81. The first-order chi connectivity index (χ1) is 8.37. The molecule has 1 aromatic carbocycles. The van der Waals surface area contributed by atoms with Crippen molar-refractivity contribution in [3.8, 4) is 0 Å². The molecule has 1 aliphatic rings. The molecule has 0 amide bonds. The van der Waals surface area contributed by atoms with Crippen molar-refractivity contribution in [2.24, 2.45) is 0 Å². The van der Waals surface area contributed by atoms with Crippen molar-refractivity contribution in [1.82, 2.24) is 4.31 Å². The largest absolute Gasteiger partial charge is 0.387 e. The molecule has 100 valence electrons. The number of benzene rings is 1. The smallest absolute Gasteiger partial charge is 0.243 e. The third-order valence-electron chi connectivity index (χ3n) is 3.09. The molecule has 6 heteroatoms. The van der Waals surface area contributed by atoms with E-state index in [0.29, 0.717) is 11.4 Å². The number of β-amino-alcohol motifs (C(OH)–C–C–N with tert-alkyl or cyclic N) is 1. The van der Waals surface area contributed by atoms with E-state index in [1.165, 1.54) is 16.4 Å². The molecule has 0 aromatic heterocycles. The number of halogens is 1. The highest BCUT2D eigenvalue weighted by atomic mass is 35.5. The molecule has 1 aromatic rings. The SMILES string of the molecule is CCCC1(O)CN(S(=O)(=O)c2cccc(Cl)c2)C1. The lowest BCUT2D eigenvalue weighted by molar-refractivity contribution is -0.0653. The van der Waals surface area contributed by atoms with Gasteiger partial charge in [-0.25, -0.2) is 8.42 Å². The summed E-state index contributed by atoms with van der Waals surface area (Å²) >= 11 is 5.79. The van der Waals surface area contributed by atoms with Gasteiger partial charge in [-0.2, -0.15) is 4.31 Å². The summed E-state index contributed by atoms with van der Waals surface area (Å²) in [6.45, 7) is 2.29. The van der Waals surface area contributed by atoms with Crippen LogP contribution in [0.3, 0.4) is 0 Å². The van der Waals surface area contributed by atoms with Crippen LogP contribution in [-0.2, 0) is 10.0 Å². The van der Waals surface area contributed by atoms with Gasteiger partial charge in [0.15, 0.2) is 0 Å². The summed E-state index contributed by atoms with van der Waals surface area (Å²) in [5.74, 6) is 0. The van der Waals surface area contributed by atoms with Crippen molar-refractivity contribution in [2.45, 2.75) is 30.3 Å². The van der Waals surface area contributed by atoms with E-state index in [2.05, 4.69) is 0 Å². The van der Waals surface area contributed by atoms with Crippen molar-refractivity contribution in [3.05, 3.63) is 29.3 Å². The average Bonchev–Trinajstić information content (AvgIpc) is 2.26. The molecular weight excluding hydrogens is 274 g/mol. The summed E-state index contributed by atoms with van der Waals surface area (Å²) in [4.78, 5) is 0.175. The predicted molar refractivity (Wildman–Crippen MR) is 70.1 cm³/mol. The Morgan fingerprint density at radius 2 is 2.11 bits per heavy atom. The quantitative estimate of drug-likeness (QED) is 0.921. The molecule has 0 saturated carbocycles. The number of hydrogen-bond acceptors (Lipinski definition) is 3. The van der Waals surface area contributed by atoms with Crippen molar-refractivity contribution in [2.75, 3.05) is 13.1 Å². The molecule has 0 radical (unpaired) electrons. The molecule has 0 atom stereocenters. The summed E-state index contributed by atoms with van der Waals surface area (Å²) in [5, 5.41) is 10.4. The first kappa shape index (κ1) is 13.8. The fraction of sp³-hybridized carbons (Fsp3) is 0.500. The van der Waals surface area contributed by atoms with Gasteiger partial charge in [0.2, 0.25) is 10.0 Å². The van der Waals surface area contributed by atoms with Crippen LogP contribution in [0.5, 0.6) is 0 Å². The normalized spacial score (nSPS) is 19.5. The molecule has 0 unspecified atom stereocenters. The van der Waals surface area contributed by atoms with Crippen LogP contribution in [0.2, 0.25) is 5.02 Å². The second-order valence-corrected chi connectivity index (χ2v) is 7.08. The maximum absolute atomic E-state index is 12.2. The highest BCUT2D eigenvalue weighted by Gasteiger charge is 2.46. The van der Waals surface area contributed by atoms with Gasteiger partial charge in [-0.1, -0.05) is 31.0 Å². The van der Waals surface area contributed by atoms with Gasteiger partial charge in [-0.15, -0.1) is 0 Å². The molecule has 0 spiro atoms. The number of aliphatic hydroxyl groups is 1. The molecule has 1 saturated heterocycles. The van der Waals surface area contributed by atoms with Crippen molar-refractivity contribution in [3.63, 3.8) is 0 Å². The molecule has 1 heterocycles. The molecule has 4 nitrogen and oxygen atoms in total. The molecular formula is C12H16ClNO3S. The van der Waals surface area contributed by atoms with Crippen molar-refractivity contribution < 1.29 is 13.5 Å². The molecule has 1 N–H and O–H groups in total. The van der Waals surface area contributed by atoms with E-state index in [4.69, 9.17) is 11.6 Å². The monoisotopic (exact) mass is 289 g/mol. The standard InChI is InChI=1S/C12H16ClNO3S/c1-2-6-12(15)8-14(9-12)18(16,17)11-5-3-4-10(13)7-11/h3-5,7,15H,2,6,8-9H2,1H3. The zero-order valence-electron chi connectivity index (χ0n) is 10.1. The van der Waals surface area contributed by atoms with Crippen LogP contribution in [-0.4, -0.2) is 36.5 Å². The molecule has 1 fully saturated rings. The van der Waals surface area contributed by atoms with E-state index in [-0.39, 0.29) is 18.0 Å². The van der Waals surface area contributed by atoms with Crippen LogP contribution in [0.4, 0.5) is 0 Å². The third kappa shape index (κ3) is 2.54. The minimum atomic E-state index is -3.53. The molecule has 2 rings (SSSR count). The fourth-order valence-electron chi connectivity index (χ4n) is 2.18. The van der Waals surface area contributed by atoms with E-state index in [1.807, 2.05) is 6.92 Å². The Morgan fingerprint density at radius 3 is 2.67 bits per heavy atom. The zero-order valence-corrected chi connectivity index (χ0v) is 11.7. The topological polar surface area (TPSA) is 57.6 Å². The summed E-state index contributed by atoms with van der Waals surface area (Å²) in [5.41, 5.74) is -0.861. The molecule has 18 heavy (non-hydrogen) atoms. The number of rotatable bonds is 4. The van der Waals surface area contributed by atoms with Gasteiger partial charge in [-0.05, 0) is 24.6 Å². The van der Waals surface area contributed by atoms with E-state index < -0.39 is 15.6 Å². The summed E-state index contributed by atoms with van der Waals surface area (Å²) in [6.07, 6.45) is 1.45. The van der Waals surface area contributed by atoms with Crippen LogP contribution in [0.1, 0.15) is 19.8 Å². The van der Waals surface area contributed by atoms with Gasteiger partial charge in [0.1, 0.15) is 0 Å². The van der Waals surface area contributed by atoms with E-state index in [0.717, 1.165) is 6.42 Å². The maximum Gasteiger partial charge on any atom is 0.243 e. The fourth-order valence-corrected chi connectivity index (χ4v) is 4.08. The second-order valence-electron chi connectivity index (χ2n) is 4.70. The van der Waals surface area contributed by atoms with Gasteiger partial charge in [-0.3, -0.25) is 0 Å². The van der Waals surface area contributed by atoms with Gasteiger partial charge < -0.3 is 5.11 Å². The molecule has 1 aliphatic heterocycles. The van der Waals surface area contributed by atoms with E-state index in [9.17, 15) is 13.5 Å². The Bertz CT molecular complexity index is 538. The lowest BCUT2D eigenvalue weighted by atomic mass is 9.92. The van der Waals surface area contributed by atoms with Crippen LogP contribution in [0, 0.1) is 0 Å². The lowest BCUT2D eigenvalue weighted by Crippen LogP contribution is -2.63. The zero-order chi connectivity index (χ0) is 13.4. The third-order valence-corrected chi connectivity index (χ3v) is 5.11. The minimum absolute atomic E-state index is 0.162. The van der Waals surface area contributed by atoms with E-state index >= 15 is 0 Å². The van der Waals surface area contributed by atoms with Gasteiger partial charge in [0.05, 0.1) is 10.5 Å². The summed E-state index contributed by atoms with van der Waals surface area (Å²) in [7, 11) is -3.53. The molecule has 0 aliphatic carbocycles. The van der Waals surface area contributed by atoms with Crippen LogP contribution >= 0.6 is 11.6 Å². The highest BCUT2D eigenvalue weighted by molar-refractivity contribution is 7.89. The lowest BCUT2D eigenvalue weighted by Gasteiger charge is -2.45. The Hall–Kier alpha value is -0.620. The van der Waals surface area contributed by atoms with Gasteiger partial charge in [0.25, 0.3) is 0 Å². The Balaban J connectivity index is 2.15. The minimum Gasteiger partial charge on any atom is -0.387 e. The first-order valence-corrected chi connectivity index (χ1v) is 7.67. The number of nitrogens with zero attached hydrogens (tertiary/aromatic N) is 1. The van der Waals surface area contributed by atoms with Crippen molar-refractivity contribution in [1.29, 1.82) is 0 Å². The summed E-state index contributed by atoms with van der Waals surface area (Å²) < 4.78 is 25.7. The Morgan fingerprint density at radius 1 is 1.44 bits per heavy atom. The maximum atomic E-state index is 12.2.